The van der Waals surface area contributed by atoms with E-state index in [0.717, 1.165) is 42.3 Å². The Morgan fingerprint density at radius 3 is 1.68 bits per heavy atom. The van der Waals surface area contributed by atoms with Crippen molar-refractivity contribution in [1.29, 1.82) is 0 Å². The van der Waals surface area contributed by atoms with Crippen LogP contribution in [0.2, 0.25) is 0 Å². The normalized spacial score (nSPS) is 16.0. The van der Waals surface area contributed by atoms with Gasteiger partial charge in [0, 0.05) is 0 Å². The molecular weight excluding hydrogens is 312 g/mol. The van der Waals surface area contributed by atoms with Gasteiger partial charge in [0.2, 0.25) is 0 Å². The minimum Gasteiger partial charge on any atom is -0.493 e. The maximum absolute atomic E-state index is 5.95. The van der Waals surface area contributed by atoms with Gasteiger partial charge in [0.1, 0.15) is 24.2 Å². The van der Waals surface area contributed by atoms with E-state index in [1.165, 1.54) is 22.3 Å². The third kappa shape index (κ3) is 4.16. The zero-order valence-corrected chi connectivity index (χ0v) is 15.9. The van der Waals surface area contributed by atoms with Crippen molar-refractivity contribution >= 4 is 0 Å². The highest BCUT2D eigenvalue weighted by molar-refractivity contribution is 5.70. The van der Waals surface area contributed by atoms with Crippen molar-refractivity contribution < 1.29 is 14.2 Å². The molecule has 1 fully saturated rings. The van der Waals surface area contributed by atoms with Crippen LogP contribution >= 0.6 is 0 Å². The average molecular weight is 340 g/mol. The van der Waals surface area contributed by atoms with Crippen LogP contribution in [0.15, 0.2) is 24.3 Å². The van der Waals surface area contributed by atoms with Crippen molar-refractivity contribution in [3.8, 4) is 22.6 Å². The highest BCUT2D eigenvalue weighted by Crippen LogP contribution is 2.34. The first-order chi connectivity index (χ1) is 12.0. The van der Waals surface area contributed by atoms with Crippen LogP contribution in [0, 0.1) is 27.7 Å². The second-order valence-electron chi connectivity index (χ2n) is 6.99. The van der Waals surface area contributed by atoms with Gasteiger partial charge < -0.3 is 14.2 Å². The van der Waals surface area contributed by atoms with Gasteiger partial charge in [0.25, 0.3) is 0 Å². The zero-order valence-electron chi connectivity index (χ0n) is 15.9. The number of ether oxygens (including phenoxy) is 3. The third-order valence-electron chi connectivity index (χ3n) is 4.52. The monoisotopic (exact) mass is 340 g/mol. The molecule has 0 aliphatic carbocycles. The van der Waals surface area contributed by atoms with Crippen LogP contribution in [0.5, 0.6) is 11.5 Å². The van der Waals surface area contributed by atoms with Gasteiger partial charge in [-0.15, -0.1) is 0 Å². The van der Waals surface area contributed by atoms with Crippen molar-refractivity contribution in [2.45, 2.75) is 47.1 Å². The van der Waals surface area contributed by atoms with Crippen LogP contribution in [-0.4, -0.2) is 25.9 Å². The maximum Gasteiger partial charge on any atom is 0.125 e. The Kier molecular flexibility index (Phi) is 5.33. The highest BCUT2D eigenvalue weighted by atomic mass is 16.6. The van der Waals surface area contributed by atoms with Crippen molar-refractivity contribution in [3.63, 3.8) is 0 Å². The topological polar surface area (TPSA) is 31.0 Å². The minimum absolute atomic E-state index is 0.277. The number of hydrogen-bond donors (Lipinski definition) is 0. The van der Waals surface area contributed by atoms with E-state index in [-0.39, 0.29) is 6.10 Å². The Morgan fingerprint density at radius 1 is 0.840 bits per heavy atom. The van der Waals surface area contributed by atoms with E-state index in [9.17, 15) is 0 Å². The maximum atomic E-state index is 5.95. The Balaban J connectivity index is 1.88. The summed E-state index contributed by atoms with van der Waals surface area (Å²) in [6, 6.07) is 8.84. The largest absolute Gasteiger partial charge is 0.493 e. The summed E-state index contributed by atoms with van der Waals surface area (Å²) in [6.45, 7) is 12.8. The Morgan fingerprint density at radius 2 is 1.28 bits per heavy atom. The molecule has 1 heterocycles. The second-order valence-corrected chi connectivity index (χ2v) is 6.99. The fourth-order valence-electron chi connectivity index (χ4n) is 3.23. The van der Waals surface area contributed by atoms with Crippen LogP contribution in [0.1, 0.15) is 35.6 Å². The average Bonchev–Trinajstić information content (AvgIpc) is 3.37. The van der Waals surface area contributed by atoms with Gasteiger partial charge in [-0.25, -0.2) is 0 Å². The van der Waals surface area contributed by atoms with Crippen molar-refractivity contribution in [1.82, 2.24) is 0 Å². The molecule has 0 aromatic heterocycles. The molecule has 1 saturated heterocycles. The van der Waals surface area contributed by atoms with Crippen molar-refractivity contribution in [3.05, 3.63) is 46.5 Å². The number of hydrogen-bond acceptors (Lipinski definition) is 3. The molecule has 0 saturated carbocycles. The summed E-state index contributed by atoms with van der Waals surface area (Å²) in [7, 11) is 0. The highest BCUT2D eigenvalue weighted by Gasteiger charge is 2.23. The van der Waals surface area contributed by atoms with Crippen LogP contribution < -0.4 is 9.47 Å². The van der Waals surface area contributed by atoms with Gasteiger partial charge in [-0.2, -0.15) is 0 Å². The van der Waals surface area contributed by atoms with Crippen LogP contribution in [0.4, 0.5) is 0 Å². The summed E-state index contributed by atoms with van der Waals surface area (Å²) in [6.07, 6.45) is 1.30. The lowest BCUT2D eigenvalue weighted by atomic mass is 9.96. The Hall–Kier alpha value is -2.00. The molecule has 0 spiro atoms. The summed E-state index contributed by atoms with van der Waals surface area (Å²) in [5.74, 6) is 2.00. The number of epoxide rings is 1. The predicted molar refractivity (Wildman–Crippen MR) is 102 cm³/mol. The molecule has 2 aromatic rings. The number of rotatable bonds is 7. The molecule has 0 amide bonds. The van der Waals surface area contributed by atoms with E-state index in [1.807, 2.05) is 0 Å². The molecular formula is C22H28O3. The van der Waals surface area contributed by atoms with Crippen LogP contribution in [0.3, 0.4) is 0 Å². The van der Waals surface area contributed by atoms with Gasteiger partial charge in [-0.05, 0) is 91.8 Å². The molecule has 0 bridgehead atoms. The summed E-state index contributed by atoms with van der Waals surface area (Å²) in [5.41, 5.74) is 7.14. The molecule has 3 nitrogen and oxygen atoms in total. The molecule has 0 N–H and O–H groups in total. The summed E-state index contributed by atoms with van der Waals surface area (Å²) >= 11 is 0. The van der Waals surface area contributed by atoms with Gasteiger partial charge >= 0.3 is 0 Å². The summed E-state index contributed by atoms with van der Waals surface area (Å²) in [5, 5.41) is 0. The predicted octanol–water partition coefficient (Wildman–Crippen LogP) is 5.15. The quantitative estimate of drug-likeness (QED) is 0.653. The standard InChI is InChI=1S/C22H28O3/c1-6-7-23-21-14(2)8-18(9-15(21)3)19-10-16(4)22(17(5)11-19)25-13-20-12-24-20/h8-11,20H,6-7,12-13H2,1-5H3. The molecule has 0 radical (unpaired) electrons. The SMILES string of the molecule is CCCOc1c(C)cc(-c2cc(C)c(OCC3CO3)c(C)c2)cc1C. The van der Waals surface area contributed by atoms with Gasteiger partial charge in [-0.3, -0.25) is 0 Å². The van der Waals surface area contributed by atoms with E-state index < -0.39 is 0 Å². The second kappa shape index (κ2) is 7.49. The lowest BCUT2D eigenvalue weighted by Gasteiger charge is -2.16. The smallest absolute Gasteiger partial charge is 0.125 e. The van der Waals surface area contributed by atoms with Crippen molar-refractivity contribution in [2.24, 2.45) is 0 Å². The Labute approximate surface area is 150 Å². The molecule has 1 unspecified atom stereocenters. The van der Waals surface area contributed by atoms with Crippen LogP contribution in [-0.2, 0) is 4.74 Å². The first-order valence-electron chi connectivity index (χ1n) is 9.09. The molecule has 134 valence electrons. The molecule has 25 heavy (non-hydrogen) atoms. The number of benzene rings is 2. The minimum atomic E-state index is 0.277. The Bertz CT molecular complexity index is 714. The van der Waals surface area contributed by atoms with E-state index in [2.05, 4.69) is 58.9 Å². The van der Waals surface area contributed by atoms with Gasteiger partial charge in [0.05, 0.1) is 13.2 Å². The van der Waals surface area contributed by atoms with Crippen molar-refractivity contribution in [2.75, 3.05) is 19.8 Å². The van der Waals surface area contributed by atoms with Gasteiger partial charge in [-0.1, -0.05) is 6.92 Å². The molecule has 1 aliphatic heterocycles. The lowest BCUT2D eigenvalue weighted by molar-refractivity contribution is 0.260. The fourth-order valence-corrected chi connectivity index (χ4v) is 3.23. The molecule has 3 heteroatoms. The number of aryl methyl sites for hydroxylation is 4. The van der Waals surface area contributed by atoms with E-state index >= 15 is 0 Å². The summed E-state index contributed by atoms with van der Waals surface area (Å²) in [4.78, 5) is 0. The summed E-state index contributed by atoms with van der Waals surface area (Å²) < 4.78 is 17.1. The molecule has 1 aliphatic rings. The molecule has 2 aromatic carbocycles. The van der Waals surface area contributed by atoms with Crippen LogP contribution in [0.25, 0.3) is 11.1 Å². The first-order valence-corrected chi connectivity index (χ1v) is 9.09. The van der Waals surface area contributed by atoms with Gasteiger partial charge in [0.15, 0.2) is 0 Å². The van der Waals surface area contributed by atoms with E-state index in [1.54, 1.807) is 0 Å². The lowest BCUT2D eigenvalue weighted by Crippen LogP contribution is -2.06. The third-order valence-corrected chi connectivity index (χ3v) is 4.52. The molecule has 1 atom stereocenters. The fraction of sp³-hybridized carbons (Fsp3) is 0.455. The molecule has 3 rings (SSSR count). The van der Waals surface area contributed by atoms with E-state index in [4.69, 9.17) is 14.2 Å². The zero-order chi connectivity index (χ0) is 18.0. The van der Waals surface area contributed by atoms with E-state index in [0.29, 0.717) is 6.61 Å². The first kappa shape index (κ1) is 17.8.